The van der Waals surface area contributed by atoms with Crippen LogP contribution in [-0.4, -0.2) is 57.6 Å². The second kappa shape index (κ2) is 10.9. The zero-order valence-electron chi connectivity index (χ0n) is 14.9. The molecule has 0 aliphatic rings. The van der Waals surface area contributed by atoms with Crippen molar-refractivity contribution >= 4 is 27.8 Å². The normalized spacial score (nSPS) is 11.1. The van der Waals surface area contributed by atoms with Gasteiger partial charge in [-0.15, -0.1) is 0 Å². The number of guanidine groups is 1. The monoisotopic (exact) mass is 398 g/mol. The van der Waals surface area contributed by atoms with Gasteiger partial charge in [0.1, 0.15) is 12.3 Å². The first kappa shape index (κ1) is 20.3. The number of benzene rings is 1. The van der Waals surface area contributed by atoms with Gasteiger partial charge < -0.3 is 20.3 Å². The summed E-state index contributed by atoms with van der Waals surface area (Å²) in [5.74, 6) is 1.53. The summed E-state index contributed by atoms with van der Waals surface area (Å²) in [6.07, 6.45) is 1.84. The number of nitrogens with zero attached hydrogens (tertiary/aromatic N) is 2. The first-order valence-corrected chi connectivity index (χ1v) is 8.82. The van der Waals surface area contributed by atoms with Crippen molar-refractivity contribution in [1.29, 1.82) is 0 Å². The number of amides is 1. The molecule has 0 aliphatic heterocycles. The second-order valence-electron chi connectivity index (χ2n) is 5.47. The van der Waals surface area contributed by atoms with Gasteiger partial charge in [0.15, 0.2) is 5.96 Å². The minimum Gasteiger partial charge on any atom is -0.496 e. The number of hydrogen-bond acceptors (Lipinski definition) is 3. The van der Waals surface area contributed by atoms with Crippen LogP contribution in [0, 0.1) is 0 Å². The molecule has 1 amide bonds. The molecule has 1 rings (SSSR count). The molecule has 0 saturated carbocycles. The highest BCUT2D eigenvalue weighted by Gasteiger charge is 2.05. The van der Waals surface area contributed by atoms with Gasteiger partial charge in [0.05, 0.1) is 7.11 Å². The molecule has 0 unspecified atom stereocenters. The van der Waals surface area contributed by atoms with Crippen molar-refractivity contribution < 1.29 is 9.53 Å². The molecule has 0 aromatic heterocycles. The van der Waals surface area contributed by atoms with Crippen molar-refractivity contribution in [2.45, 2.75) is 19.8 Å². The van der Waals surface area contributed by atoms with Gasteiger partial charge in [0.2, 0.25) is 5.91 Å². The maximum Gasteiger partial charge on any atom is 0.243 e. The Hall–Kier alpha value is -1.76. The van der Waals surface area contributed by atoms with E-state index in [1.54, 1.807) is 21.2 Å². The Kier molecular flexibility index (Phi) is 9.22. The average Bonchev–Trinajstić information content (AvgIpc) is 2.56. The number of hydrogen-bond donors (Lipinski definition) is 2. The Balaban J connectivity index is 2.48. The lowest BCUT2D eigenvalue weighted by molar-refractivity contribution is -0.127. The minimum atomic E-state index is -0.0215. The van der Waals surface area contributed by atoms with E-state index < -0.39 is 0 Å². The van der Waals surface area contributed by atoms with Crippen LogP contribution in [0.4, 0.5) is 0 Å². The van der Waals surface area contributed by atoms with Crippen LogP contribution in [0.5, 0.6) is 5.75 Å². The number of ether oxygens (including phenoxy) is 1. The van der Waals surface area contributed by atoms with Crippen LogP contribution in [0.1, 0.15) is 18.9 Å². The smallest absolute Gasteiger partial charge is 0.243 e. The number of likely N-dealkylation sites (N-methyl/N-ethyl adjacent to an activating group) is 1. The Morgan fingerprint density at radius 3 is 2.71 bits per heavy atom. The maximum atomic E-state index is 11.6. The number of rotatable bonds is 8. The molecule has 7 heteroatoms. The average molecular weight is 399 g/mol. The van der Waals surface area contributed by atoms with Crippen LogP contribution in [0.3, 0.4) is 0 Å². The third-order valence-electron chi connectivity index (χ3n) is 3.38. The van der Waals surface area contributed by atoms with Gasteiger partial charge in [0, 0.05) is 31.7 Å². The molecule has 0 spiro atoms. The number of nitrogens with one attached hydrogen (secondary N) is 2. The molecule has 2 N–H and O–H groups in total. The van der Waals surface area contributed by atoms with Crippen molar-refractivity contribution in [1.82, 2.24) is 15.5 Å². The summed E-state index contributed by atoms with van der Waals surface area (Å²) in [6.45, 7) is 3.66. The van der Waals surface area contributed by atoms with E-state index in [2.05, 4.69) is 37.6 Å². The summed E-state index contributed by atoms with van der Waals surface area (Å²) in [7, 11) is 5.13. The van der Waals surface area contributed by atoms with E-state index in [1.165, 1.54) is 10.5 Å². The zero-order chi connectivity index (χ0) is 17.9. The van der Waals surface area contributed by atoms with Crippen molar-refractivity contribution in [3.05, 3.63) is 28.2 Å². The van der Waals surface area contributed by atoms with Crippen LogP contribution >= 0.6 is 15.9 Å². The number of carbonyl (C=O) groups is 1. The lowest BCUT2D eigenvalue weighted by Gasteiger charge is -2.13. The standard InChI is InChI=1S/C17H27BrN4O2/c1-5-19-17(21-12-16(23)22(2)3)20-10-6-7-13-8-9-14(18)11-15(13)24-4/h8-9,11H,5-7,10,12H2,1-4H3,(H2,19,20,21). The summed E-state index contributed by atoms with van der Waals surface area (Å²) < 4.78 is 6.41. The largest absolute Gasteiger partial charge is 0.496 e. The SMILES string of the molecule is CCNC(=NCC(=O)N(C)C)NCCCc1ccc(Br)cc1OC. The highest BCUT2D eigenvalue weighted by atomic mass is 79.9. The van der Waals surface area contributed by atoms with Crippen molar-refractivity contribution in [3.8, 4) is 5.75 Å². The summed E-state index contributed by atoms with van der Waals surface area (Å²) in [5, 5.41) is 6.39. The molecule has 0 heterocycles. The van der Waals surface area contributed by atoms with E-state index in [1.807, 2.05) is 19.1 Å². The second-order valence-corrected chi connectivity index (χ2v) is 6.39. The van der Waals surface area contributed by atoms with E-state index >= 15 is 0 Å². The zero-order valence-corrected chi connectivity index (χ0v) is 16.4. The van der Waals surface area contributed by atoms with Crippen molar-refractivity contribution in [2.24, 2.45) is 4.99 Å². The molecule has 24 heavy (non-hydrogen) atoms. The van der Waals surface area contributed by atoms with Gasteiger partial charge in [0.25, 0.3) is 0 Å². The molecule has 0 fully saturated rings. The van der Waals surface area contributed by atoms with Crippen LogP contribution < -0.4 is 15.4 Å². The molecule has 0 saturated heterocycles. The quantitative estimate of drug-likeness (QED) is 0.399. The van der Waals surface area contributed by atoms with Gasteiger partial charge in [-0.1, -0.05) is 22.0 Å². The Bertz CT molecular complexity index is 562. The van der Waals surface area contributed by atoms with Gasteiger partial charge in [-0.25, -0.2) is 4.99 Å². The molecule has 0 radical (unpaired) electrons. The number of aliphatic imine (C=N–C) groups is 1. The summed E-state index contributed by atoms with van der Waals surface area (Å²) in [5.41, 5.74) is 1.17. The molecule has 0 bridgehead atoms. The number of carbonyl (C=O) groups excluding carboxylic acids is 1. The lowest BCUT2D eigenvalue weighted by Crippen LogP contribution is -2.39. The molecule has 1 aromatic carbocycles. The van der Waals surface area contributed by atoms with Crippen LogP contribution in [-0.2, 0) is 11.2 Å². The van der Waals surface area contributed by atoms with E-state index in [-0.39, 0.29) is 12.5 Å². The van der Waals surface area contributed by atoms with E-state index in [0.717, 1.165) is 36.2 Å². The first-order valence-electron chi connectivity index (χ1n) is 8.02. The predicted molar refractivity (Wildman–Crippen MR) is 102 cm³/mol. The Morgan fingerprint density at radius 1 is 1.33 bits per heavy atom. The van der Waals surface area contributed by atoms with Gasteiger partial charge in [-0.3, -0.25) is 4.79 Å². The molecule has 6 nitrogen and oxygen atoms in total. The van der Waals surface area contributed by atoms with Crippen LogP contribution in [0.15, 0.2) is 27.7 Å². The minimum absolute atomic E-state index is 0.0215. The van der Waals surface area contributed by atoms with Gasteiger partial charge >= 0.3 is 0 Å². The maximum absolute atomic E-state index is 11.6. The molecular formula is C17H27BrN4O2. The molecule has 134 valence electrons. The fourth-order valence-electron chi connectivity index (χ4n) is 2.04. The van der Waals surface area contributed by atoms with Crippen molar-refractivity contribution in [3.63, 3.8) is 0 Å². The fraction of sp³-hybridized carbons (Fsp3) is 0.529. The molecular weight excluding hydrogens is 372 g/mol. The Morgan fingerprint density at radius 2 is 2.08 bits per heavy atom. The summed E-state index contributed by atoms with van der Waals surface area (Å²) >= 11 is 3.45. The molecule has 1 aromatic rings. The predicted octanol–water partition coefficient (Wildman–Crippen LogP) is 2.03. The number of aryl methyl sites for hydroxylation is 1. The number of methoxy groups -OCH3 is 1. The third kappa shape index (κ3) is 7.21. The highest BCUT2D eigenvalue weighted by Crippen LogP contribution is 2.24. The third-order valence-corrected chi connectivity index (χ3v) is 3.87. The van der Waals surface area contributed by atoms with Crippen LogP contribution in [0.2, 0.25) is 0 Å². The van der Waals surface area contributed by atoms with Gasteiger partial charge in [-0.05, 0) is 37.5 Å². The first-order chi connectivity index (χ1) is 11.5. The van der Waals surface area contributed by atoms with E-state index in [0.29, 0.717) is 5.96 Å². The lowest BCUT2D eigenvalue weighted by atomic mass is 10.1. The molecule has 0 atom stereocenters. The summed E-state index contributed by atoms with van der Waals surface area (Å²) in [6, 6.07) is 6.06. The number of halogens is 1. The summed E-state index contributed by atoms with van der Waals surface area (Å²) in [4.78, 5) is 17.4. The molecule has 0 aliphatic carbocycles. The van der Waals surface area contributed by atoms with Gasteiger partial charge in [-0.2, -0.15) is 0 Å². The Labute approximate surface area is 152 Å². The highest BCUT2D eigenvalue weighted by molar-refractivity contribution is 9.10. The fourth-order valence-corrected chi connectivity index (χ4v) is 2.38. The van der Waals surface area contributed by atoms with Crippen LogP contribution in [0.25, 0.3) is 0 Å². The van der Waals surface area contributed by atoms with E-state index in [9.17, 15) is 4.79 Å². The van der Waals surface area contributed by atoms with E-state index in [4.69, 9.17) is 4.74 Å². The topological polar surface area (TPSA) is 66.0 Å². The van der Waals surface area contributed by atoms with Crippen molar-refractivity contribution in [2.75, 3.05) is 40.8 Å².